The van der Waals surface area contributed by atoms with Gasteiger partial charge in [-0.3, -0.25) is 25.0 Å². The van der Waals surface area contributed by atoms with Crippen molar-refractivity contribution in [3.63, 3.8) is 0 Å². The molecule has 3 N–H and O–H groups in total. The predicted molar refractivity (Wildman–Crippen MR) is 126 cm³/mol. The number of para-hydroxylation sites is 1. The quantitative estimate of drug-likeness (QED) is 0.332. The van der Waals surface area contributed by atoms with Gasteiger partial charge in [-0.2, -0.15) is 0 Å². The Morgan fingerprint density at radius 2 is 1.65 bits per heavy atom. The Hall–Kier alpha value is -4.44. The van der Waals surface area contributed by atoms with Crippen LogP contribution < -0.4 is 16.0 Å². The van der Waals surface area contributed by atoms with Gasteiger partial charge in [0.2, 0.25) is 0 Å². The second kappa shape index (κ2) is 10.9. The van der Waals surface area contributed by atoms with Crippen LogP contribution in [0.25, 0.3) is 0 Å². The van der Waals surface area contributed by atoms with Crippen LogP contribution in [-0.4, -0.2) is 29.9 Å². The monoisotopic (exact) mass is 482 g/mol. The van der Waals surface area contributed by atoms with E-state index < -0.39 is 22.8 Å². The van der Waals surface area contributed by atoms with Gasteiger partial charge in [0, 0.05) is 24.4 Å². The average Bonchev–Trinajstić information content (AvgIpc) is 2.83. The minimum Gasteiger partial charge on any atom is -0.453 e. The fourth-order valence-electron chi connectivity index (χ4n) is 2.93. The molecule has 0 saturated carbocycles. The maximum Gasteiger partial charge on any atom is 0.411 e. The van der Waals surface area contributed by atoms with E-state index in [1.807, 2.05) is 0 Å². The van der Waals surface area contributed by atoms with Crippen molar-refractivity contribution in [3.05, 3.63) is 98.6 Å². The van der Waals surface area contributed by atoms with Crippen LogP contribution >= 0.6 is 11.6 Å². The Morgan fingerprint density at radius 3 is 2.29 bits per heavy atom. The Balaban J connectivity index is 1.67. The van der Waals surface area contributed by atoms with Crippen molar-refractivity contribution in [1.82, 2.24) is 5.32 Å². The molecule has 0 bridgehead atoms. The summed E-state index contributed by atoms with van der Waals surface area (Å²) in [5.74, 6) is -1.05. The maximum atomic E-state index is 12.8. The summed E-state index contributed by atoms with van der Waals surface area (Å²) in [6.45, 7) is 0.202. The number of nitrogens with zero attached hydrogens (tertiary/aromatic N) is 1. The van der Waals surface area contributed by atoms with E-state index in [9.17, 15) is 24.5 Å². The van der Waals surface area contributed by atoms with Gasteiger partial charge in [0.25, 0.3) is 17.5 Å². The molecule has 0 unspecified atom stereocenters. The maximum absolute atomic E-state index is 12.8. The first-order valence-corrected chi connectivity index (χ1v) is 10.2. The van der Waals surface area contributed by atoms with E-state index >= 15 is 0 Å². The molecule has 0 radical (unpaired) electrons. The van der Waals surface area contributed by atoms with Crippen LogP contribution in [0.2, 0.25) is 5.02 Å². The largest absolute Gasteiger partial charge is 0.453 e. The molecule has 0 aromatic heterocycles. The molecule has 0 aliphatic carbocycles. The Labute approximate surface area is 199 Å². The number of rotatable bonds is 7. The minimum atomic E-state index is -0.617. The molecule has 11 heteroatoms. The molecule has 0 atom stereocenters. The smallest absolute Gasteiger partial charge is 0.411 e. The third kappa shape index (κ3) is 6.08. The third-order valence-electron chi connectivity index (χ3n) is 4.67. The highest BCUT2D eigenvalue weighted by atomic mass is 35.5. The van der Waals surface area contributed by atoms with Gasteiger partial charge in [0.1, 0.15) is 0 Å². The molecule has 3 aromatic rings. The van der Waals surface area contributed by atoms with Gasteiger partial charge in [-0.25, -0.2) is 4.79 Å². The molecule has 174 valence electrons. The van der Waals surface area contributed by atoms with Crippen LogP contribution in [0.5, 0.6) is 0 Å². The molecule has 0 saturated heterocycles. The summed E-state index contributed by atoms with van der Waals surface area (Å²) in [4.78, 5) is 46.9. The Bertz CT molecular complexity index is 1250. The molecule has 34 heavy (non-hydrogen) atoms. The summed E-state index contributed by atoms with van der Waals surface area (Å²) in [5, 5.41) is 18.7. The number of methoxy groups -OCH3 is 1. The van der Waals surface area contributed by atoms with Crippen molar-refractivity contribution < 1.29 is 24.0 Å². The highest BCUT2D eigenvalue weighted by Gasteiger charge is 2.18. The number of non-ortho nitro benzene ring substituents is 1. The number of nitrogens with one attached hydrogen (secondary N) is 3. The normalized spacial score (nSPS) is 10.2. The lowest BCUT2D eigenvalue weighted by Gasteiger charge is -2.12. The van der Waals surface area contributed by atoms with Crippen LogP contribution in [0.3, 0.4) is 0 Å². The number of anilines is 2. The molecule has 0 aliphatic rings. The lowest BCUT2D eigenvalue weighted by atomic mass is 10.1. The van der Waals surface area contributed by atoms with Crippen molar-refractivity contribution in [1.29, 1.82) is 0 Å². The lowest BCUT2D eigenvalue weighted by Crippen LogP contribution is -2.25. The number of halogens is 1. The standard InChI is InChI=1S/C23H19ClN4O6/c1-34-23(31)26-15-8-6-14(7-9-15)13-25-21(29)18-4-2-3-5-20(18)27-22(30)17-11-10-16(28(32)33)12-19(17)24/h2-12H,13H2,1H3,(H,25,29)(H,26,31)(H,27,30). The second-order valence-corrected chi connectivity index (χ2v) is 7.32. The van der Waals surface area contributed by atoms with Crippen LogP contribution in [0.15, 0.2) is 66.7 Å². The Morgan fingerprint density at radius 1 is 0.941 bits per heavy atom. The molecule has 3 aromatic carbocycles. The number of hydrogen-bond donors (Lipinski definition) is 3. The van der Waals surface area contributed by atoms with Crippen LogP contribution in [0, 0.1) is 10.1 Å². The van der Waals surface area contributed by atoms with Crippen LogP contribution in [0.1, 0.15) is 26.3 Å². The van der Waals surface area contributed by atoms with Gasteiger partial charge in [-0.15, -0.1) is 0 Å². The SMILES string of the molecule is COC(=O)Nc1ccc(CNC(=O)c2ccccc2NC(=O)c2ccc([N+](=O)[O-])cc2Cl)cc1. The highest BCUT2D eigenvalue weighted by Crippen LogP contribution is 2.24. The van der Waals surface area contributed by atoms with Crippen molar-refractivity contribution in [2.45, 2.75) is 6.54 Å². The number of carbonyl (C=O) groups excluding carboxylic acids is 3. The van der Waals surface area contributed by atoms with Crippen molar-refractivity contribution in [3.8, 4) is 0 Å². The summed E-state index contributed by atoms with van der Waals surface area (Å²) in [6.07, 6.45) is -0.588. The molecule has 0 heterocycles. The zero-order valence-electron chi connectivity index (χ0n) is 17.8. The van der Waals surface area contributed by atoms with E-state index in [1.54, 1.807) is 48.5 Å². The number of benzene rings is 3. The van der Waals surface area contributed by atoms with Crippen LogP contribution in [0.4, 0.5) is 21.9 Å². The molecule has 3 amide bonds. The minimum absolute atomic E-state index is 0.0307. The fourth-order valence-corrected chi connectivity index (χ4v) is 3.19. The first-order valence-electron chi connectivity index (χ1n) is 9.85. The molecule has 0 fully saturated rings. The number of carbonyl (C=O) groups is 3. The zero-order chi connectivity index (χ0) is 24.7. The zero-order valence-corrected chi connectivity index (χ0v) is 18.6. The van der Waals surface area contributed by atoms with Crippen molar-refractivity contribution in [2.75, 3.05) is 17.7 Å². The summed E-state index contributed by atoms with van der Waals surface area (Å²) < 4.78 is 4.53. The number of nitro benzene ring substituents is 1. The van der Waals surface area contributed by atoms with Crippen molar-refractivity contribution >= 4 is 46.6 Å². The number of ether oxygens (including phenoxy) is 1. The van der Waals surface area contributed by atoms with Gasteiger partial charge < -0.3 is 15.4 Å². The highest BCUT2D eigenvalue weighted by molar-refractivity contribution is 6.34. The topological polar surface area (TPSA) is 140 Å². The average molecular weight is 483 g/mol. The van der Waals surface area contributed by atoms with E-state index in [4.69, 9.17) is 11.6 Å². The number of nitro groups is 1. The van der Waals surface area contributed by atoms with E-state index in [2.05, 4.69) is 20.7 Å². The van der Waals surface area contributed by atoms with E-state index in [0.717, 1.165) is 11.6 Å². The molecular weight excluding hydrogens is 464 g/mol. The van der Waals surface area contributed by atoms with Gasteiger partial charge >= 0.3 is 6.09 Å². The predicted octanol–water partition coefficient (Wildman–Crippen LogP) is 4.61. The second-order valence-electron chi connectivity index (χ2n) is 6.92. The Kier molecular flexibility index (Phi) is 7.78. The van der Waals surface area contributed by atoms with Gasteiger partial charge in [0.05, 0.1) is 33.9 Å². The number of hydrogen-bond acceptors (Lipinski definition) is 6. The van der Waals surface area contributed by atoms with Gasteiger partial charge in [-0.1, -0.05) is 35.9 Å². The van der Waals surface area contributed by atoms with Gasteiger partial charge in [-0.05, 0) is 35.9 Å². The molecule has 0 spiro atoms. The first kappa shape index (κ1) is 24.2. The molecule has 3 rings (SSSR count). The van der Waals surface area contributed by atoms with E-state index in [1.165, 1.54) is 19.2 Å². The lowest BCUT2D eigenvalue weighted by molar-refractivity contribution is -0.384. The van der Waals surface area contributed by atoms with Crippen molar-refractivity contribution in [2.24, 2.45) is 0 Å². The molecular formula is C23H19ClN4O6. The molecule has 10 nitrogen and oxygen atoms in total. The summed E-state index contributed by atoms with van der Waals surface area (Å²) in [6, 6.07) is 16.7. The van der Waals surface area contributed by atoms with Crippen LogP contribution in [-0.2, 0) is 11.3 Å². The van der Waals surface area contributed by atoms with Gasteiger partial charge in [0.15, 0.2) is 0 Å². The summed E-state index contributed by atoms with van der Waals surface area (Å²) in [5.41, 5.74) is 1.58. The van der Waals surface area contributed by atoms with E-state index in [-0.39, 0.29) is 34.1 Å². The first-order chi connectivity index (χ1) is 16.3. The molecule has 0 aliphatic heterocycles. The third-order valence-corrected chi connectivity index (χ3v) is 4.98. The van der Waals surface area contributed by atoms with E-state index in [0.29, 0.717) is 5.69 Å². The summed E-state index contributed by atoms with van der Waals surface area (Å²) >= 11 is 6.03. The fraction of sp³-hybridized carbons (Fsp3) is 0.0870. The summed E-state index contributed by atoms with van der Waals surface area (Å²) in [7, 11) is 1.26. The number of amides is 3.